The molecule has 0 radical (unpaired) electrons. The maximum Gasteiger partial charge on any atom is 0.260 e. The van der Waals surface area contributed by atoms with Crippen molar-refractivity contribution in [2.75, 3.05) is 24.9 Å². The van der Waals surface area contributed by atoms with E-state index in [1.165, 1.54) is 20.3 Å². The molecule has 0 saturated heterocycles. The largest absolute Gasteiger partial charge is 0.497 e. The number of methoxy groups -OCH3 is 2. The zero-order valence-electron chi connectivity index (χ0n) is 20.7. The summed E-state index contributed by atoms with van der Waals surface area (Å²) < 4.78 is 53.2. The Morgan fingerprint density at radius 2 is 1.97 bits per heavy atom. The standard InChI is InChI=1S/C26H23F3N6O3/c1-35-13-32-24-20(35)10-23(31-12-18-15(8-22(28)29)6-14(11-30)7-19(18)27)33-25(24)34-26(36)17-5-4-16(37-2)9-21(17)38-3/h4-7,9-10,13,22H,8,12H2,1-3H3,(H2,31,33,34,36). The molecule has 38 heavy (non-hydrogen) atoms. The summed E-state index contributed by atoms with van der Waals surface area (Å²) in [5.41, 5.74) is 1.20. The van der Waals surface area contributed by atoms with Gasteiger partial charge in [-0.3, -0.25) is 4.79 Å². The lowest BCUT2D eigenvalue weighted by Crippen LogP contribution is -2.16. The molecular weight excluding hydrogens is 501 g/mol. The van der Waals surface area contributed by atoms with Crippen LogP contribution in [0.2, 0.25) is 0 Å². The first-order chi connectivity index (χ1) is 18.2. The molecule has 196 valence electrons. The Kier molecular flexibility index (Phi) is 7.66. The second-order valence-electron chi connectivity index (χ2n) is 8.26. The van der Waals surface area contributed by atoms with E-state index in [-0.39, 0.29) is 46.2 Å². The Hall–Kier alpha value is -4.79. The van der Waals surface area contributed by atoms with Crippen LogP contribution in [-0.4, -0.2) is 41.1 Å². The Morgan fingerprint density at radius 3 is 2.66 bits per heavy atom. The number of hydrogen-bond donors (Lipinski definition) is 2. The van der Waals surface area contributed by atoms with Gasteiger partial charge < -0.3 is 24.7 Å². The normalized spacial score (nSPS) is 10.9. The monoisotopic (exact) mass is 524 g/mol. The molecule has 12 heteroatoms. The van der Waals surface area contributed by atoms with Crippen LogP contribution in [0.25, 0.3) is 11.0 Å². The van der Waals surface area contributed by atoms with Gasteiger partial charge in [0.25, 0.3) is 5.91 Å². The molecule has 0 fully saturated rings. The van der Waals surface area contributed by atoms with E-state index in [0.717, 1.165) is 6.07 Å². The molecule has 0 aliphatic carbocycles. The van der Waals surface area contributed by atoms with Crippen molar-refractivity contribution in [3.8, 4) is 17.6 Å². The fourth-order valence-electron chi connectivity index (χ4n) is 3.95. The number of fused-ring (bicyclic) bond motifs is 1. The molecule has 0 aliphatic heterocycles. The third kappa shape index (κ3) is 5.46. The van der Waals surface area contributed by atoms with Gasteiger partial charge in [-0.25, -0.2) is 23.1 Å². The summed E-state index contributed by atoms with van der Waals surface area (Å²) in [5, 5.41) is 14.8. The summed E-state index contributed by atoms with van der Waals surface area (Å²) >= 11 is 0. The topological polar surface area (TPSA) is 114 Å². The molecule has 4 aromatic rings. The number of anilines is 2. The van der Waals surface area contributed by atoms with E-state index in [2.05, 4.69) is 20.6 Å². The van der Waals surface area contributed by atoms with Crippen molar-refractivity contribution in [2.45, 2.75) is 19.4 Å². The summed E-state index contributed by atoms with van der Waals surface area (Å²) in [6.45, 7) is -0.185. The van der Waals surface area contributed by atoms with E-state index in [1.807, 2.05) is 0 Å². The molecule has 2 heterocycles. The van der Waals surface area contributed by atoms with Crippen molar-refractivity contribution >= 4 is 28.6 Å². The molecule has 9 nitrogen and oxygen atoms in total. The highest BCUT2D eigenvalue weighted by Crippen LogP contribution is 2.28. The van der Waals surface area contributed by atoms with Crippen LogP contribution in [0.15, 0.2) is 42.7 Å². The van der Waals surface area contributed by atoms with Crippen LogP contribution in [0.1, 0.15) is 27.0 Å². The summed E-state index contributed by atoms with van der Waals surface area (Å²) in [6.07, 6.45) is -1.88. The van der Waals surface area contributed by atoms with Crippen molar-refractivity contribution in [2.24, 2.45) is 7.05 Å². The number of imidazole rings is 1. The quantitative estimate of drug-likeness (QED) is 0.327. The number of alkyl halides is 2. The van der Waals surface area contributed by atoms with Gasteiger partial charge in [-0.1, -0.05) is 0 Å². The van der Waals surface area contributed by atoms with Crippen LogP contribution in [-0.2, 0) is 20.0 Å². The minimum Gasteiger partial charge on any atom is -0.497 e. The molecule has 0 saturated carbocycles. The number of aryl methyl sites for hydroxylation is 1. The number of rotatable bonds is 9. The number of nitrogens with one attached hydrogen (secondary N) is 2. The average Bonchev–Trinajstić information content (AvgIpc) is 3.27. The summed E-state index contributed by atoms with van der Waals surface area (Å²) in [6, 6.07) is 10.4. The minimum atomic E-state index is -2.72. The predicted molar refractivity (Wildman–Crippen MR) is 134 cm³/mol. The van der Waals surface area contributed by atoms with Crippen LogP contribution in [0.5, 0.6) is 11.5 Å². The Bertz CT molecular complexity index is 1550. The van der Waals surface area contributed by atoms with E-state index in [4.69, 9.17) is 14.7 Å². The number of nitrogens with zero attached hydrogens (tertiary/aromatic N) is 4. The molecule has 0 bridgehead atoms. The molecular formula is C26H23F3N6O3. The third-order valence-electron chi connectivity index (χ3n) is 5.84. The number of benzene rings is 2. The van der Waals surface area contributed by atoms with Gasteiger partial charge in [-0.15, -0.1) is 0 Å². The van der Waals surface area contributed by atoms with Crippen molar-refractivity contribution in [3.05, 3.63) is 70.8 Å². The maximum absolute atomic E-state index is 14.7. The number of carbonyl (C=O) groups excluding carboxylic acids is 1. The fraction of sp³-hybridized carbons (Fsp3) is 0.231. The maximum atomic E-state index is 14.7. The Labute approximate surface area is 215 Å². The summed E-state index contributed by atoms with van der Waals surface area (Å²) in [4.78, 5) is 21.9. The van der Waals surface area contributed by atoms with Gasteiger partial charge in [0.15, 0.2) is 5.82 Å². The number of amides is 1. The highest BCUT2D eigenvalue weighted by atomic mass is 19.3. The summed E-state index contributed by atoms with van der Waals surface area (Å²) in [5.74, 6) is -0.133. The van der Waals surface area contributed by atoms with Crippen LogP contribution >= 0.6 is 0 Å². The lowest BCUT2D eigenvalue weighted by molar-refractivity contribution is 0.102. The molecule has 4 rings (SSSR count). The first-order valence-electron chi connectivity index (χ1n) is 11.3. The van der Waals surface area contributed by atoms with Crippen LogP contribution in [0.4, 0.5) is 24.8 Å². The van der Waals surface area contributed by atoms with E-state index < -0.39 is 24.6 Å². The van der Waals surface area contributed by atoms with Crippen LogP contribution in [0.3, 0.4) is 0 Å². The Morgan fingerprint density at radius 1 is 1.18 bits per heavy atom. The highest BCUT2D eigenvalue weighted by Gasteiger charge is 2.19. The first kappa shape index (κ1) is 26.3. The minimum absolute atomic E-state index is 0.00948. The molecule has 2 N–H and O–H groups in total. The van der Waals surface area contributed by atoms with E-state index >= 15 is 0 Å². The smallest absolute Gasteiger partial charge is 0.260 e. The number of hydrogen-bond acceptors (Lipinski definition) is 7. The van der Waals surface area contributed by atoms with E-state index in [0.29, 0.717) is 16.8 Å². The second-order valence-corrected chi connectivity index (χ2v) is 8.26. The van der Waals surface area contributed by atoms with Gasteiger partial charge in [0.05, 0.1) is 43.3 Å². The lowest BCUT2D eigenvalue weighted by atomic mass is 10.0. The van der Waals surface area contributed by atoms with Crippen molar-refractivity contribution < 1.29 is 27.4 Å². The zero-order valence-corrected chi connectivity index (χ0v) is 20.7. The number of ether oxygens (including phenoxy) is 2. The SMILES string of the molecule is COc1ccc(C(=O)Nc2nc(NCc3c(F)cc(C#N)cc3CC(F)F)cc3c2ncn3C)c(OC)c1. The molecule has 2 aromatic carbocycles. The molecule has 0 unspecified atom stereocenters. The molecule has 2 aromatic heterocycles. The van der Waals surface area contributed by atoms with Gasteiger partial charge in [0, 0.05) is 37.7 Å². The van der Waals surface area contributed by atoms with E-state index in [9.17, 15) is 18.0 Å². The summed E-state index contributed by atoms with van der Waals surface area (Å²) in [7, 11) is 4.67. The average molecular weight is 525 g/mol. The van der Waals surface area contributed by atoms with Gasteiger partial charge in [-0.2, -0.15) is 5.26 Å². The predicted octanol–water partition coefficient (Wildman–Crippen LogP) is 4.67. The number of aromatic nitrogens is 3. The van der Waals surface area contributed by atoms with Gasteiger partial charge in [0.1, 0.15) is 28.7 Å². The van der Waals surface area contributed by atoms with Gasteiger partial charge in [0.2, 0.25) is 6.43 Å². The second kappa shape index (κ2) is 11.1. The van der Waals surface area contributed by atoms with Crippen molar-refractivity contribution in [3.63, 3.8) is 0 Å². The van der Waals surface area contributed by atoms with Gasteiger partial charge >= 0.3 is 0 Å². The number of pyridine rings is 1. The fourth-order valence-corrected chi connectivity index (χ4v) is 3.95. The first-order valence-corrected chi connectivity index (χ1v) is 11.3. The third-order valence-corrected chi connectivity index (χ3v) is 5.84. The molecule has 0 atom stereocenters. The zero-order chi connectivity index (χ0) is 27.4. The van der Waals surface area contributed by atoms with Crippen LogP contribution in [0, 0.1) is 17.1 Å². The Balaban J connectivity index is 1.66. The number of carbonyl (C=O) groups is 1. The molecule has 0 aliphatic rings. The molecule has 1 amide bonds. The van der Waals surface area contributed by atoms with Crippen molar-refractivity contribution in [1.29, 1.82) is 5.26 Å². The van der Waals surface area contributed by atoms with Crippen LogP contribution < -0.4 is 20.1 Å². The van der Waals surface area contributed by atoms with Crippen molar-refractivity contribution in [1.82, 2.24) is 14.5 Å². The highest BCUT2D eigenvalue weighted by molar-refractivity contribution is 6.09. The number of nitriles is 1. The lowest BCUT2D eigenvalue weighted by Gasteiger charge is -2.14. The van der Waals surface area contributed by atoms with E-state index in [1.54, 1.807) is 48.3 Å². The molecule has 0 spiro atoms. The van der Waals surface area contributed by atoms with Gasteiger partial charge in [-0.05, 0) is 29.8 Å². The number of halogens is 3.